The summed E-state index contributed by atoms with van der Waals surface area (Å²) in [6.07, 6.45) is 0.350. The number of carboxylic acids is 1. The minimum Gasteiger partial charge on any atom is -0.481 e. The van der Waals surface area contributed by atoms with E-state index < -0.39 is 46.8 Å². The number of nitrogens with one attached hydrogen (secondary N) is 2. The number of carbonyl (C=O) groups excluding carboxylic acids is 2. The molecule has 0 radical (unpaired) electrons. The molecule has 0 spiro atoms. The second kappa shape index (κ2) is 7.84. The Morgan fingerprint density at radius 1 is 1.07 bits per heavy atom. The zero-order chi connectivity index (χ0) is 21.4. The molecule has 1 aromatic carbocycles. The molecule has 0 aliphatic carbocycles. The Balaban J connectivity index is 1.46. The van der Waals surface area contributed by atoms with E-state index in [4.69, 9.17) is 4.74 Å². The molecule has 4 rings (SSSR count). The fraction of sp³-hybridized carbons (Fsp3) is 0.316. The smallest absolute Gasteiger partial charge is 0.310 e. The Kier molecular flexibility index (Phi) is 5.22. The van der Waals surface area contributed by atoms with Crippen molar-refractivity contribution in [1.29, 1.82) is 0 Å². The van der Waals surface area contributed by atoms with Crippen molar-refractivity contribution in [3.05, 3.63) is 51.4 Å². The number of carboxylic acid groups (broad SMARTS) is 1. The lowest BCUT2D eigenvalue weighted by molar-refractivity contribution is -0.384. The number of amides is 2. The van der Waals surface area contributed by atoms with Crippen molar-refractivity contribution in [2.45, 2.75) is 25.0 Å². The van der Waals surface area contributed by atoms with Crippen LogP contribution in [0.15, 0.2) is 35.7 Å². The topological polar surface area (TPSA) is 148 Å². The molecule has 2 aliphatic rings. The largest absolute Gasteiger partial charge is 0.481 e. The maximum Gasteiger partial charge on any atom is 0.310 e. The summed E-state index contributed by atoms with van der Waals surface area (Å²) in [6.45, 7) is 0. The van der Waals surface area contributed by atoms with Crippen LogP contribution in [0.5, 0.6) is 0 Å². The first-order valence-corrected chi connectivity index (χ1v) is 10.1. The van der Waals surface area contributed by atoms with Gasteiger partial charge in [-0.05, 0) is 36.4 Å². The number of non-ortho nitro benzene ring substituents is 1. The maximum absolute atomic E-state index is 12.8. The number of rotatable bonds is 6. The summed E-state index contributed by atoms with van der Waals surface area (Å²) in [5, 5.41) is 27.4. The summed E-state index contributed by atoms with van der Waals surface area (Å²) in [5.74, 6) is -3.76. The van der Waals surface area contributed by atoms with Gasteiger partial charge >= 0.3 is 5.97 Å². The van der Waals surface area contributed by atoms with Crippen LogP contribution in [0.1, 0.15) is 23.2 Å². The van der Waals surface area contributed by atoms with E-state index in [1.54, 1.807) is 5.38 Å². The number of hydrogen-bond acceptors (Lipinski definition) is 7. The average Bonchev–Trinajstić information content (AvgIpc) is 3.43. The van der Waals surface area contributed by atoms with Crippen molar-refractivity contribution in [2.75, 3.05) is 10.6 Å². The molecule has 30 heavy (non-hydrogen) atoms. The molecule has 4 atom stereocenters. The number of ether oxygens (including phenoxy) is 1. The highest BCUT2D eigenvalue weighted by Crippen LogP contribution is 2.44. The molecule has 2 aliphatic heterocycles. The van der Waals surface area contributed by atoms with Crippen molar-refractivity contribution >= 4 is 45.5 Å². The fourth-order valence-electron chi connectivity index (χ4n) is 3.97. The molecule has 2 saturated heterocycles. The van der Waals surface area contributed by atoms with Crippen LogP contribution >= 0.6 is 11.3 Å². The highest BCUT2D eigenvalue weighted by Gasteiger charge is 2.55. The quantitative estimate of drug-likeness (QED) is 0.470. The Hall–Kier alpha value is -3.31. The number of hydrogen-bond donors (Lipinski definition) is 3. The fourth-order valence-corrected chi connectivity index (χ4v) is 4.76. The molecule has 1 aromatic heterocycles. The Bertz CT molecular complexity index is 1020. The Morgan fingerprint density at radius 2 is 1.73 bits per heavy atom. The molecule has 0 saturated carbocycles. The van der Waals surface area contributed by atoms with Crippen LogP contribution in [0.4, 0.5) is 16.4 Å². The van der Waals surface area contributed by atoms with Crippen molar-refractivity contribution in [2.24, 2.45) is 11.8 Å². The van der Waals surface area contributed by atoms with Crippen molar-refractivity contribution < 1.29 is 29.2 Å². The minimum absolute atomic E-state index is 0.0995. The number of benzene rings is 1. The summed E-state index contributed by atoms with van der Waals surface area (Å²) < 4.78 is 5.62. The van der Waals surface area contributed by atoms with Gasteiger partial charge in [0.25, 0.3) is 11.6 Å². The van der Waals surface area contributed by atoms with Crippen molar-refractivity contribution in [3.63, 3.8) is 0 Å². The van der Waals surface area contributed by atoms with Crippen LogP contribution in [-0.4, -0.2) is 40.0 Å². The number of carbonyl (C=O) groups is 3. The molecule has 2 fully saturated rings. The number of thiophene rings is 1. The van der Waals surface area contributed by atoms with E-state index in [9.17, 15) is 29.6 Å². The molecular weight excluding hydrogens is 414 g/mol. The summed E-state index contributed by atoms with van der Waals surface area (Å²) in [6, 6.07) is 6.89. The average molecular weight is 431 g/mol. The Labute approximate surface area is 174 Å². The van der Waals surface area contributed by atoms with E-state index in [1.807, 2.05) is 0 Å². The number of aliphatic carboxylic acids is 1. The van der Waals surface area contributed by atoms with Gasteiger partial charge in [0, 0.05) is 17.8 Å². The number of anilines is 2. The van der Waals surface area contributed by atoms with Gasteiger partial charge in [-0.2, -0.15) is 0 Å². The van der Waals surface area contributed by atoms with Gasteiger partial charge in [-0.15, -0.1) is 11.3 Å². The third-order valence-electron chi connectivity index (χ3n) is 5.34. The standard InChI is InChI=1S/C19H17N3O7S/c23-16(20-9-1-3-10(4-2-9)22(27)28)11-7-8-30-18(11)21-17(24)14-12-5-6-13(29-12)15(14)19(25)26/h1-4,7-8,12-15H,5-6H2,(H,20,23)(H,21,24)(H,25,26)/t12-,13-,14+,15-/m1/s1. The predicted octanol–water partition coefficient (Wildman–Crippen LogP) is 2.73. The lowest BCUT2D eigenvalue weighted by Gasteiger charge is -2.23. The van der Waals surface area contributed by atoms with E-state index in [0.717, 1.165) is 11.3 Å². The molecule has 2 aromatic rings. The molecule has 11 heteroatoms. The Morgan fingerprint density at radius 3 is 2.37 bits per heavy atom. The van der Waals surface area contributed by atoms with Gasteiger partial charge in [-0.1, -0.05) is 0 Å². The zero-order valence-electron chi connectivity index (χ0n) is 15.4. The highest BCUT2D eigenvalue weighted by atomic mass is 32.1. The molecular formula is C19H17N3O7S. The first kappa shape index (κ1) is 20.0. The molecule has 3 N–H and O–H groups in total. The normalized spacial score (nSPS) is 24.4. The van der Waals surface area contributed by atoms with Gasteiger partial charge in [0.05, 0.1) is 34.5 Å². The summed E-state index contributed by atoms with van der Waals surface area (Å²) in [7, 11) is 0. The molecule has 2 bridgehead atoms. The van der Waals surface area contributed by atoms with E-state index in [-0.39, 0.29) is 11.3 Å². The minimum atomic E-state index is -1.07. The lowest BCUT2D eigenvalue weighted by atomic mass is 9.79. The lowest BCUT2D eigenvalue weighted by Crippen LogP contribution is -2.41. The van der Waals surface area contributed by atoms with Gasteiger partial charge < -0.3 is 20.5 Å². The molecule has 156 valence electrons. The monoisotopic (exact) mass is 431 g/mol. The first-order valence-electron chi connectivity index (χ1n) is 9.17. The third-order valence-corrected chi connectivity index (χ3v) is 6.17. The second-order valence-electron chi connectivity index (χ2n) is 7.09. The van der Waals surface area contributed by atoms with E-state index >= 15 is 0 Å². The SMILES string of the molecule is O=C(Nc1ccc([N+](=O)[O-])cc1)c1ccsc1NC(=O)[C@@H]1[C@H](C(=O)O)[C@H]2CC[C@H]1O2. The molecule has 3 heterocycles. The molecule has 10 nitrogen and oxygen atoms in total. The number of nitro benzene ring substituents is 1. The van der Waals surface area contributed by atoms with E-state index in [2.05, 4.69) is 10.6 Å². The van der Waals surface area contributed by atoms with Crippen LogP contribution in [0, 0.1) is 22.0 Å². The summed E-state index contributed by atoms with van der Waals surface area (Å²) >= 11 is 1.14. The zero-order valence-corrected chi connectivity index (χ0v) is 16.3. The first-order chi connectivity index (χ1) is 14.3. The van der Waals surface area contributed by atoms with Gasteiger partial charge in [-0.25, -0.2) is 0 Å². The number of nitrogens with zero attached hydrogens (tertiary/aromatic N) is 1. The van der Waals surface area contributed by atoms with Crippen molar-refractivity contribution in [1.82, 2.24) is 0 Å². The van der Waals surface area contributed by atoms with Crippen LogP contribution in [0.3, 0.4) is 0 Å². The second-order valence-corrected chi connectivity index (χ2v) is 8.01. The van der Waals surface area contributed by atoms with Gasteiger partial charge in [-0.3, -0.25) is 24.5 Å². The predicted molar refractivity (Wildman–Crippen MR) is 107 cm³/mol. The van der Waals surface area contributed by atoms with Crippen LogP contribution in [0.2, 0.25) is 0 Å². The number of fused-ring (bicyclic) bond motifs is 2. The van der Waals surface area contributed by atoms with Crippen LogP contribution < -0.4 is 10.6 Å². The maximum atomic E-state index is 12.8. The van der Waals surface area contributed by atoms with E-state index in [1.165, 1.54) is 30.3 Å². The van der Waals surface area contributed by atoms with Crippen LogP contribution in [-0.2, 0) is 14.3 Å². The summed E-state index contributed by atoms with van der Waals surface area (Å²) in [4.78, 5) is 47.2. The number of nitro groups is 1. The summed E-state index contributed by atoms with van der Waals surface area (Å²) in [5.41, 5.74) is 0.474. The molecule has 0 unspecified atom stereocenters. The molecule has 2 amide bonds. The van der Waals surface area contributed by atoms with E-state index in [0.29, 0.717) is 23.5 Å². The van der Waals surface area contributed by atoms with Crippen LogP contribution in [0.25, 0.3) is 0 Å². The third kappa shape index (κ3) is 3.64. The van der Waals surface area contributed by atoms with Gasteiger partial charge in [0.15, 0.2) is 0 Å². The highest BCUT2D eigenvalue weighted by molar-refractivity contribution is 7.14. The van der Waals surface area contributed by atoms with Gasteiger partial charge in [0.2, 0.25) is 5.91 Å². The van der Waals surface area contributed by atoms with Gasteiger partial charge in [0.1, 0.15) is 5.00 Å². The van der Waals surface area contributed by atoms with Crippen molar-refractivity contribution in [3.8, 4) is 0 Å².